The molecule has 1 aromatic heterocycles. The molecule has 0 aliphatic carbocycles. The minimum Gasteiger partial charge on any atom is -0.305 e. The summed E-state index contributed by atoms with van der Waals surface area (Å²) in [6, 6.07) is 18.3. The lowest BCUT2D eigenvalue weighted by atomic mass is 9.98. The SMILES string of the molecule is CN(C)C1CCN(Cc2ccc(-c3cccc4cnccc34)cc2)C1. The van der Waals surface area contributed by atoms with Crippen LogP contribution in [0.3, 0.4) is 0 Å². The van der Waals surface area contributed by atoms with Gasteiger partial charge in [-0.15, -0.1) is 0 Å². The maximum absolute atomic E-state index is 4.23. The van der Waals surface area contributed by atoms with Crippen LogP contribution in [-0.4, -0.2) is 48.0 Å². The fraction of sp³-hybridized carbons (Fsp3) is 0.318. The molecule has 25 heavy (non-hydrogen) atoms. The van der Waals surface area contributed by atoms with Crippen molar-refractivity contribution in [1.82, 2.24) is 14.8 Å². The lowest BCUT2D eigenvalue weighted by molar-refractivity contribution is 0.264. The van der Waals surface area contributed by atoms with Crippen molar-refractivity contribution in [2.75, 3.05) is 27.2 Å². The van der Waals surface area contributed by atoms with E-state index in [0.717, 1.165) is 6.54 Å². The first-order valence-electron chi connectivity index (χ1n) is 9.01. The van der Waals surface area contributed by atoms with Crippen LogP contribution in [0, 0.1) is 0 Å². The van der Waals surface area contributed by atoms with Gasteiger partial charge in [-0.25, -0.2) is 0 Å². The number of likely N-dealkylation sites (N-methyl/N-ethyl adjacent to an activating group) is 1. The number of fused-ring (bicyclic) bond motifs is 1. The van der Waals surface area contributed by atoms with E-state index in [9.17, 15) is 0 Å². The second-order valence-corrected chi connectivity index (χ2v) is 7.24. The van der Waals surface area contributed by atoms with Gasteiger partial charge in [-0.05, 0) is 48.7 Å². The van der Waals surface area contributed by atoms with Gasteiger partial charge in [0.05, 0.1) is 0 Å². The lowest BCUT2D eigenvalue weighted by Crippen LogP contribution is -2.31. The Hall–Kier alpha value is -2.23. The smallest absolute Gasteiger partial charge is 0.0346 e. The van der Waals surface area contributed by atoms with Crippen molar-refractivity contribution < 1.29 is 0 Å². The number of pyridine rings is 1. The Bertz CT molecular complexity index is 849. The van der Waals surface area contributed by atoms with Crippen LogP contribution in [0.25, 0.3) is 21.9 Å². The highest BCUT2D eigenvalue weighted by molar-refractivity contribution is 5.96. The van der Waals surface area contributed by atoms with Gasteiger partial charge >= 0.3 is 0 Å². The van der Waals surface area contributed by atoms with Crippen LogP contribution in [0.1, 0.15) is 12.0 Å². The molecule has 1 saturated heterocycles. The molecule has 2 heterocycles. The molecular formula is C22H25N3. The maximum Gasteiger partial charge on any atom is 0.0346 e. The van der Waals surface area contributed by atoms with E-state index in [1.165, 1.54) is 47.0 Å². The van der Waals surface area contributed by atoms with E-state index in [1.54, 1.807) is 0 Å². The quantitative estimate of drug-likeness (QED) is 0.719. The highest BCUT2D eigenvalue weighted by atomic mass is 15.2. The van der Waals surface area contributed by atoms with Gasteiger partial charge in [-0.1, -0.05) is 42.5 Å². The molecule has 0 spiro atoms. The summed E-state index contributed by atoms with van der Waals surface area (Å²) in [6.07, 6.45) is 5.08. The first kappa shape index (κ1) is 16.2. The molecule has 1 aliphatic heterocycles. The number of hydrogen-bond donors (Lipinski definition) is 0. The zero-order chi connectivity index (χ0) is 17.2. The van der Waals surface area contributed by atoms with Crippen molar-refractivity contribution in [1.29, 1.82) is 0 Å². The van der Waals surface area contributed by atoms with Gasteiger partial charge in [0.2, 0.25) is 0 Å². The molecule has 3 aromatic rings. The number of aromatic nitrogens is 1. The zero-order valence-electron chi connectivity index (χ0n) is 15.0. The van der Waals surface area contributed by atoms with Gasteiger partial charge in [0.15, 0.2) is 0 Å². The molecule has 1 unspecified atom stereocenters. The minimum absolute atomic E-state index is 0.698. The van der Waals surface area contributed by atoms with Crippen molar-refractivity contribution in [2.24, 2.45) is 0 Å². The van der Waals surface area contributed by atoms with Crippen LogP contribution in [0.2, 0.25) is 0 Å². The summed E-state index contributed by atoms with van der Waals surface area (Å²) in [7, 11) is 4.37. The van der Waals surface area contributed by atoms with Crippen molar-refractivity contribution in [3.63, 3.8) is 0 Å². The molecule has 128 valence electrons. The Morgan fingerprint density at radius 3 is 2.68 bits per heavy atom. The molecule has 1 atom stereocenters. The third-order valence-electron chi connectivity index (χ3n) is 5.33. The summed E-state index contributed by atoms with van der Waals surface area (Å²) in [5.41, 5.74) is 3.94. The second-order valence-electron chi connectivity index (χ2n) is 7.24. The van der Waals surface area contributed by atoms with Crippen LogP contribution in [-0.2, 0) is 6.54 Å². The Morgan fingerprint density at radius 1 is 1.08 bits per heavy atom. The zero-order valence-corrected chi connectivity index (χ0v) is 15.0. The Morgan fingerprint density at radius 2 is 1.92 bits per heavy atom. The Kier molecular flexibility index (Phi) is 4.51. The molecule has 1 aliphatic rings. The summed E-state index contributed by atoms with van der Waals surface area (Å²) in [5.74, 6) is 0. The van der Waals surface area contributed by atoms with Crippen LogP contribution in [0.5, 0.6) is 0 Å². The van der Waals surface area contributed by atoms with Crippen molar-refractivity contribution in [3.8, 4) is 11.1 Å². The first-order chi connectivity index (χ1) is 12.2. The molecular weight excluding hydrogens is 306 g/mol. The van der Waals surface area contributed by atoms with E-state index in [4.69, 9.17) is 0 Å². The number of rotatable bonds is 4. The molecule has 2 aromatic carbocycles. The molecule has 0 bridgehead atoms. The van der Waals surface area contributed by atoms with Gasteiger partial charge in [-0.3, -0.25) is 9.88 Å². The molecule has 4 rings (SSSR count). The number of hydrogen-bond acceptors (Lipinski definition) is 3. The molecule has 3 heteroatoms. The molecule has 0 saturated carbocycles. The summed E-state index contributed by atoms with van der Waals surface area (Å²) in [5, 5.41) is 2.45. The van der Waals surface area contributed by atoms with Gasteiger partial charge in [0.1, 0.15) is 0 Å². The predicted octanol–water partition coefficient (Wildman–Crippen LogP) is 4.04. The average molecular weight is 331 g/mol. The highest BCUT2D eigenvalue weighted by Gasteiger charge is 2.23. The Labute approximate surface area is 149 Å². The summed E-state index contributed by atoms with van der Waals surface area (Å²) < 4.78 is 0. The average Bonchev–Trinajstić information content (AvgIpc) is 3.11. The number of nitrogens with zero attached hydrogens (tertiary/aromatic N) is 3. The molecule has 0 amide bonds. The van der Waals surface area contributed by atoms with Crippen molar-refractivity contribution in [2.45, 2.75) is 19.0 Å². The number of likely N-dealkylation sites (tertiary alicyclic amines) is 1. The lowest BCUT2D eigenvalue weighted by Gasteiger charge is -2.20. The third-order valence-corrected chi connectivity index (χ3v) is 5.33. The van der Waals surface area contributed by atoms with E-state index in [1.807, 2.05) is 12.4 Å². The second kappa shape index (κ2) is 6.95. The number of benzene rings is 2. The van der Waals surface area contributed by atoms with Gasteiger partial charge in [-0.2, -0.15) is 0 Å². The summed E-state index contributed by atoms with van der Waals surface area (Å²) in [6.45, 7) is 3.41. The van der Waals surface area contributed by atoms with E-state index < -0.39 is 0 Å². The van der Waals surface area contributed by atoms with E-state index in [-0.39, 0.29) is 0 Å². The highest BCUT2D eigenvalue weighted by Crippen LogP contribution is 2.28. The molecule has 3 nitrogen and oxygen atoms in total. The predicted molar refractivity (Wildman–Crippen MR) is 105 cm³/mol. The van der Waals surface area contributed by atoms with E-state index >= 15 is 0 Å². The topological polar surface area (TPSA) is 19.4 Å². The monoisotopic (exact) mass is 331 g/mol. The normalized spacial score (nSPS) is 18.3. The van der Waals surface area contributed by atoms with Crippen molar-refractivity contribution in [3.05, 3.63) is 66.5 Å². The fourth-order valence-electron chi connectivity index (χ4n) is 3.80. The third kappa shape index (κ3) is 3.44. The van der Waals surface area contributed by atoms with Gasteiger partial charge < -0.3 is 4.90 Å². The maximum atomic E-state index is 4.23. The first-order valence-corrected chi connectivity index (χ1v) is 9.01. The largest absolute Gasteiger partial charge is 0.305 e. The molecule has 1 fully saturated rings. The van der Waals surface area contributed by atoms with E-state index in [0.29, 0.717) is 6.04 Å². The van der Waals surface area contributed by atoms with Crippen LogP contribution in [0.15, 0.2) is 60.9 Å². The van der Waals surface area contributed by atoms with E-state index in [2.05, 4.69) is 77.4 Å². The minimum atomic E-state index is 0.698. The Balaban J connectivity index is 1.52. The summed E-state index contributed by atoms with van der Waals surface area (Å²) in [4.78, 5) is 9.13. The van der Waals surface area contributed by atoms with Crippen LogP contribution < -0.4 is 0 Å². The fourth-order valence-corrected chi connectivity index (χ4v) is 3.80. The van der Waals surface area contributed by atoms with Crippen molar-refractivity contribution >= 4 is 10.8 Å². The molecule has 0 radical (unpaired) electrons. The van der Waals surface area contributed by atoms with Crippen LogP contribution >= 0.6 is 0 Å². The standard InChI is InChI=1S/C22H25N3/c1-24(2)20-11-13-25(16-20)15-17-6-8-18(9-7-17)21-5-3-4-19-14-23-12-10-22(19)21/h3-10,12,14,20H,11,13,15-16H2,1-2H3. The molecule has 0 N–H and O–H groups in total. The van der Waals surface area contributed by atoms with Gasteiger partial charge in [0, 0.05) is 43.5 Å². The van der Waals surface area contributed by atoms with Gasteiger partial charge in [0.25, 0.3) is 0 Å². The summed E-state index contributed by atoms with van der Waals surface area (Å²) >= 11 is 0. The van der Waals surface area contributed by atoms with Crippen LogP contribution in [0.4, 0.5) is 0 Å².